The molecule has 2 N–H and O–H groups in total. The third-order valence-corrected chi connectivity index (χ3v) is 5.38. The summed E-state index contributed by atoms with van der Waals surface area (Å²) in [6, 6.07) is 22.7. The van der Waals surface area contributed by atoms with Gasteiger partial charge in [-0.05, 0) is 73.5 Å². The molecule has 1 amide bonds. The molecule has 1 aliphatic rings. The number of para-hydroxylation sites is 2. The minimum absolute atomic E-state index is 0.165. The van der Waals surface area contributed by atoms with E-state index in [1.54, 1.807) is 12.1 Å². The number of ether oxygens (including phenoxy) is 2. The molecule has 0 aliphatic carbocycles. The molecule has 1 unspecified atom stereocenters. The van der Waals surface area contributed by atoms with Crippen molar-refractivity contribution in [2.45, 2.75) is 18.9 Å². The van der Waals surface area contributed by atoms with Gasteiger partial charge in [0.05, 0.1) is 17.1 Å². The zero-order valence-corrected chi connectivity index (χ0v) is 17.0. The first-order valence-electron chi connectivity index (χ1n) is 10.5. The Morgan fingerprint density at radius 2 is 1.87 bits per heavy atom. The summed E-state index contributed by atoms with van der Waals surface area (Å²) in [5.74, 6) is 1.38. The van der Waals surface area contributed by atoms with Gasteiger partial charge in [0.1, 0.15) is 18.2 Å². The summed E-state index contributed by atoms with van der Waals surface area (Å²) in [6.07, 6.45) is 2.30. The Kier molecular flexibility index (Phi) is 5.37. The highest BCUT2D eigenvalue weighted by molar-refractivity contribution is 6.04. The number of nitrogens with zero attached hydrogens (tertiary/aromatic N) is 1. The van der Waals surface area contributed by atoms with Crippen LogP contribution in [-0.2, 0) is 4.74 Å². The van der Waals surface area contributed by atoms with Crippen LogP contribution >= 0.6 is 0 Å². The van der Waals surface area contributed by atoms with Crippen LogP contribution in [0.1, 0.15) is 23.2 Å². The third-order valence-electron chi connectivity index (χ3n) is 5.38. The number of fused-ring (bicyclic) bond motifs is 1. The van der Waals surface area contributed by atoms with Gasteiger partial charge in [0.2, 0.25) is 0 Å². The minimum Gasteiger partial charge on any atom is -0.491 e. The number of hydrogen-bond donors (Lipinski definition) is 2. The number of aromatic amines is 1. The van der Waals surface area contributed by atoms with Gasteiger partial charge in [-0.25, -0.2) is 4.98 Å². The van der Waals surface area contributed by atoms with Crippen molar-refractivity contribution in [1.29, 1.82) is 0 Å². The summed E-state index contributed by atoms with van der Waals surface area (Å²) in [7, 11) is 0. The summed E-state index contributed by atoms with van der Waals surface area (Å²) in [5.41, 5.74) is 4.19. The SMILES string of the molecule is O=C(Nc1ccc(-c2nc3ccccc3[nH]2)cc1)c1ccc(OCC2CCCO2)cc1. The molecule has 0 spiro atoms. The number of benzene rings is 3. The molecule has 1 fully saturated rings. The van der Waals surface area contributed by atoms with Gasteiger partial charge < -0.3 is 19.8 Å². The lowest BCUT2D eigenvalue weighted by molar-refractivity contribution is 0.0679. The first kappa shape index (κ1) is 19.3. The van der Waals surface area contributed by atoms with Crippen molar-refractivity contribution in [1.82, 2.24) is 9.97 Å². The van der Waals surface area contributed by atoms with E-state index >= 15 is 0 Å². The van der Waals surface area contributed by atoms with Gasteiger partial charge in [0.25, 0.3) is 5.91 Å². The van der Waals surface area contributed by atoms with E-state index in [1.807, 2.05) is 60.7 Å². The van der Waals surface area contributed by atoms with E-state index < -0.39 is 0 Å². The average Bonchev–Trinajstić information content (AvgIpc) is 3.48. The van der Waals surface area contributed by atoms with Gasteiger partial charge in [-0.1, -0.05) is 12.1 Å². The number of amides is 1. The predicted octanol–water partition coefficient (Wildman–Crippen LogP) is 5.04. The second kappa shape index (κ2) is 8.62. The standard InChI is InChI=1S/C25H23N3O3/c29-25(18-9-13-20(14-10-18)31-16-21-4-3-15-30-21)26-19-11-7-17(8-12-19)24-27-22-5-1-2-6-23(22)28-24/h1-2,5-14,21H,3-4,15-16H2,(H,26,29)(H,27,28). The highest BCUT2D eigenvalue weighted by Gasteiger charge is 2.16. The van der Waals surface area contributed by atoms with Crippen molar-refractivity contribution < 1.29 is 14.3 Å². The number of rotatable bonds is 6. The van der Waals surface area contributed by atoms with E-state index in [0.29, 0.717) is 12.2 Å². The fraction of sp³-hybridized carbons (Fsp3) is 0.200. The number of anilines is 1. The molecule has 5 rings (SSSR count). The van der Waals surface area contributed by atoms with E-state index in [0.717, 1.165) is 53.3 Å². The molecule has 6 nitrogen and oxygen atoms in total. The number of H-pyrrole nitrogens is 1. The Hall–Kier alpha value is -3.64. The summed E-state index contributed by atoms with van der Waals surface area (Å²) in [4.78, 5) is 20.5. The molecule has 156 valence electrons. The lowest BCUT2D eigenvalue weighted by Crippen LogP contribution is -2.16. The molecule has 1 aromatic heterocycles. The maximum absolute atomic E-state index is 12.6. The van der Waals surface area contributed by atoms with Gasteiger partial charge in [0, 0.05) is 23.4 Å². The molecule has 1 saturated heterocycles. The molecule has 1 atom stereocenters. The van der Waals surface area contributed by atoms with Crippen molar-refractivity contribution in [3.8, 4) is 17.1 Å². The Labute approximate surface area is 180 Å². The van der Waals surface area contributed by atoms with E-state index in [2.05, 4.69) is 15.3 Å². The molecule has 31 heavy (non-hydrogen) atoms. The van der Waals surface area contributed by atoms with Gasteiger partial charge in [-0.2, -0.15) is 0 Å². The number of carbonyl (C=O) groups excluding carboxylic acids is 1. The lowest BCUT2D eigenvalue weighted by atomic mass is 10.1. The highest BCUT2D eigenvalue weighted by Crippen LogP contribution is 2.23. The average molecular weight is 413 g/mol. The summed E-state index contributed by atoms with van der Waals surface area (Å²) < 4.78 is 11.3. The molecule has 0 radical (unpaired) electrons. The molecule has 1 aliphatic heterocycles. The van der Waals surface area contributed by atoms with Crippen LogP contribution in [0.5, 0.6) is 5.75 Å². The monoisotopic (exact) mass is 413 g/mol. The van der Waals surface area contributed by atoms with Crippen LogP contribution in [0.4, 0.5) is 5.69 Å². The summed E-state index contributed by atoms with van der Waals surface area (Å²) >= 11 is 0. The van der Waals surface area contributed by atoms with Crippen LogP contribution in [0, 0.1) is 0 Å². The second-order valence-corrected chi connectivity index (χ2v) is 7.60. The molecule has 2 heterocycles. The van der Waals surface area contributed by atoms with Crippen molar-refractivity contribution >= 4 is 22.6 Å². The highest BCUT2D eigenvalue weighted by atomic mass is 16.5. The molecule has 6 heteroatoms. The quantitative estimate of drug-likeness (QED) is 0.464. The topological polar surface area (TPSA) is 76.2 Å². The smallest absolute Gasteiger partial charge is 0.255 e. The number of carbonyl (C=O) groups is 1. The maximum Gasteiger partial charge on any atom is 0.255 e. The van der Waals surface area contributed by atoms with Crippen molar-refractivity contribution in [3.05, 3.63) is 78.4 Å². The fourth-order valence-electron chi connectivity index (χ4n) is 3.67. The van der Waals surface area contributed by atoms with E-state index in [4.69, 9.17) is 9.47 Å². The first-order valence-corrected chi connectivity index (χ1v) is 10.5. The Bertz CT molecular complexity index is 1140. The van der Waals surface area contributed by atoms with Crippen LogP contribution in [-0.4, -0.2) is 35.2 Å². The Morgan fingerprint density at radius 1 is 1.06 bits per heavy atom. The van der Waals surface area contributed by atoms with Crippen molar-refractivity contribution in [3.63, 3.8) is 0 Å². The maximum atomic E-state index is 12.6. The van der Waals surface area contributed by atoms with E-state index in [-0.39, 0.29) is 12.0 Å². The Morgan fingerprint density at radius 3 is 2.61 bits per heavy atom. The summed E-state index contributed by atoms with van der Waals surface area (Å²) in [5, 5.41) is 2.93. The van der Waals surface area contributed by atoms with Crippen molar-refractivity contribution in [2.24, 2.45) is 0 Å². The fourth-order valence-corrected chi connectivity index (χ4v) is 3.67. The predicted molar refractivity (Wildman–Crippen MR) is 120 cm³/mol. The van der Waals surface area contributed by atoms with Gasteiger partial charge >= 0.3 is 0 Å². The number of aromatic nitrogens is 2. The molecule has 0 saturated carbocycles. The van der Waals surface area contributed by atoms with Crippen LogP contribution in [0.25, 0.3) is 22.4 Å². The van der Waals surface area contributed by atoms with Gasteiger partial charge in [0.15, 0.2) is 0 Å². The molecular formula is C25H23N3O3. The van der Waals surface area contributed by atoms with Crippen LogP contribution < -0.4 is 10.1 Å². The van der Waals surface area contributed by atoms with Gasteiger partial charge in [-0.3, -0.25) is 4.79 Å². The Balaban J connectivity index is 1.20. The zero-order valence-electron chi connectivity index (χ0n) is 17.0. The lowest BCUT2D eigenvalue weighted by Gasteiger charge is -2.12. The third kappa shape index (κ3) is 4.44. The molecular weight excluding hydrogens is 390 g/mol. The molecule has 4 aromatic rings. The molecule has 3 aromatic carbocycles. The van der Waals surface area contributed by atoms with Crippen LogP contribution in [0.2, 0.25) is 0 Å². The number of nitrogens with one attached hydrogen (secondary N) is 2. The largest absolute Gasteiger partial charge is 0.491 e. The van der Waals surface area contributed by atoms with Crippen molar-refractivity contribution in [2.75, 3.05) is 18.5 Å². The van der Waals surface area contributed by atoms with E-state index in [9.17, 15) is 4.79 Å². The molecule has 0 bridgehead atoms. The van der Waals surface area contributed by atoms with Crippen LogP contribution in [0.15, 0.2) is 72.8 Å². The van der Waals surface area contributed by atoms with E-state index in [1.165, 1.54) is 0 Å². The van der Waals surface area contributed by atoms with Crippen LogP contribution in [0.3, 0.4) is 0 Å². The summed E-state index contributed by atoms with van der Waals surface area (Å²) in [6.45, 7) is 1.36. The second-order valence-electron chi connectivity index (χ2n) is 7.60. The normalized spacial score (nSPS) is 15.8. The minimum atomic E-state index is -0.165. The number of imidazole rings is 1. The zero-order chi connectivity index (χ0) is 21.0. The number of hydrogen-bond acceptors (Lipinski definition) is 4. The van der Waals surface area contributed by atoms with Gasteiger partial charge in [-0.15, -0.1) is 0 Å². The first-order chi connectivity index (χ1) is 15.2.